The van der Waals surface area contributed by atoms with Crippen LogP contribution < -0.4 is 0 Å². The van der Waals surface area contributed by atoms with E-state index in [-0.39, 0.29) is 94.3 Å². The second-order valence-corrected chi connectivity index (χ2v) is 12.7. The highest BCUT2D eigenvalue weighted by Gasteiger charge is 2.51. The minimum atomic E-state index is -1.04. The first-order chi connectivity index (χ1) is 15.0. The lowest BCUT2D eigenvalue weighted by atomic mass is 9.64. The van der Waals surface area contributed by atoms with Crippen LogP contribution in [0.15, 0.2) is 0 Å². The van der Waals surface area contributed by atoms with Gasteiger partial charge in [-0.05, 0) is 91.4 Å². The number of ether oxygens (including phenoxy) is 2. The van der Waals surface area contributed by atoms with Gasteiger partial charge in [-0.15, -0.1) is 0 Å². The lowest BCUT2D eigenvalue weighted by Gasteiger charge is -2.41. The minimum absolute atomic E-state index is 0. The van der Waals surface area contributed by atoms with Gasteiger partial charge >= 0.3 is 11.9 Å². The van der Waals surface area contributed by atoms with Gasteiger partial charge in [-0.2, -0.15) is 0 Å². The zero-order chi connectivity index (χ0) is 25.2. The van der Waals surface area contributed by atoms with Crippen LogP contribution in [-0.4, -0.2) is 41.1 Å². The summed E-state index contributed by atoms with van der Waals surface area (Å²) in [6.45, 7) is 14.5. The molecule has 6 nitrogen and oxygen atoms in total. The smallest absolute Gasteiger partial charge is 0.312 e. The summed E-state index contributed by atoms with van der Waals surface area (Å²) in [5.41, 5.74) is -3.42. The highest BCUT2D eigenvalue weighted by Crippen LogP contribution is 2.49. The molecule has 2 aliphatic carbocycles. The van der Waals surface area contributed by atoms with E-state index in [1.165, 1.54) is 6.42 Å². The molecular weight excluding hydrogens is 492 g/mol. The normalized spacial score (nSPS) is 22.3. The molecule has 6 heteroatoms. The zero-order valence-corrected chi connectivity index (χ0v) is 22.1. The van der Waals surface area contributed by atoms with Crippen LogP contribution in [0, 0.1) is 28.1 Å². The van der Waals surface area contributed by atoms with E-state index < -0.39 is 21.8 Å². The van der Waals surface area contributed by atoms with Crippen molar-refractivity contribution < 1.29 is 29.0 Å². The third-order valence-corrected chi connectivity index (χ3v) is 7.80. The molecule has 1 N–H and O–H groups in total. The van der Waals surface area contributed by atoms with Gasteiger partial charge in [0.25, 0.3) is 0 Å². The van der Waals surface area contributed by atoms with Crippen LogP contribution in [0.2, 0.25) is 0 Å². The summed E-state index contributed by atoms with van der Waals surface area (Å²) in [4.78, 5) is 39.7. The number of hydrogen-bond donors (Lipinski definition) is 1. The van der Waals surface area contributed by atoms with Gasteiger partial charge in [0.05, 0.1) is 10.8 Å². The Morgan fingerprint density at radius 2 is 1.31 bits per heavy atom. The van der Waals surface area contributed by atoms with Gasteiger partial charge in [0.15, 0.2) is 0 Å². The fourth-order valence-electron chi connectivity index (χ4n) is 5.94. The number of carbonyl (C=O) groups excluding carboxylic acids is 3. The third kappa shape index (κ3) is 11.9. The van der Waals surface area contributed by atoms with Crippen LogP contribution in [0.3, 0.4) is 0 Å². The van der Waals surface area contributed by atoms with Crippen molar-refractivity contribution in [3.05, 3.63) is 0 Å². The van der Waals surface area contributed by atoms with Crippen molar-refractivity contribution in [1.82, 2.24) is 0 Å². The molecule has 0 radical (unpaired) electrons. The minimum Gasteiger partial charge on any atom is -0.462 e. The van der Waals surface area contributed by atoms with E-state index in [1.54, 1.807) is 0 Å². The first-order valence-corrected chi connectivity index (χ1v) is 12.6. The van der Waals surface area contributed by atoms with E-state index in [9.17, 15) is 19.5 Å². The first kappa shape index (κ1) is 47.4. The fraction of sp³-hybridized carbons (Fsp3) is 0.909. The summed E-state index contributed by atoms with van der Waals surface area (Å²) >= 11 is 0. The van der Waals surface area contributed by atoms with Crippen molar-refractivity contribution in [2.45, 2.75) is 163 Å². The molecule has 2 aliphatic rings. The SMILES string of the molecule is C.C.C.C.C.C.CCC(C)(CC(C)(CC(C)(C)C(=O)CCO)C(=O)OC1CC2CCC1C2)C(=O)OC(C)(C)C. The molecule has 5 atom stereocenters. The van der Waals surface area contributed by atoms with Crippen LogP contribution in [0.4, 0.5) is 0 Å². The van der Waals surface area contributed by atoms with E-state index in [2.05, 4.69) is 0 Å². The second kappa shape index (κ2) is 17.4. The first-order valence-electron chi connectivity index (χ1n) is 12.6. The molecule has 2 saturated carbocycles. The van der Waals surface area contributed by atoms with Gasteiger partial charge in [0, 0.05) is 18.4 Å². The van der Waals surface area contributed by atoms with Crippen molar-refractivity contribution in [3.63, 3.8) is 0 Å². The van der Waals surface area contributed by atoms with E-state index in [0.717, 1.165) is 19.3 Å². The number of Topliss-reactive ketones (excluding diaryl/α,β-unsaturated/α-hetero) is 1. The molecule has 238 valence electrons. The maximum absolute atomic E-state index is 13.7. The molecule has 2 fully saturated rings. The molecule has 0 aromatic heterocycles. The van der Waals surface area contributed by atoms with Crippen LogP contribution in [-0.2, 0) is 23.9 Å². The summed E-state index contributed by atoms with van der Waals surface area (Å²) in [5, 5.41) is 9.29. The molecule has 39 heavy (non-hydrogen) atoms. The van der Waals surface area contributed by atoms with Crippen molar-refractivity contribution in [3.8, 4) is 0 Å². The third-order valence-electron chi connectivity index (χ3n) is 7.80. The summed E-state index contributed by atoms with van der Waals surface area (Å²) in [5.74, 6) is 0.309. The maximum Gasteiger partial charge on any atom is 0.312 e. The molecule has 2 rings (SSSR count). The Hall–Kier alpha value is -1.43. The maximum atomic E-state index is 13.7. The Balaban J connectivity index is -0.000000642. The molecule has 2 bridgehead atoms. The number of rotatable bonds is 11. The van der Waals surface area contributed by atoms with Crippen molar-refractivity contribution in [2.75, 3.05) is 6.61 Å². The summed E-state index contributed by atoms with van der Waals surface area (Å²) < 4.78 is 11.8. The number of ketones is 1. The Kier molecular flexibility index (Phi) is 21.1. The highest BCUT2D eigenvalue weighted by molar-refractivity contribution is 5.86. The molecule has 0 heterocycles. The molecule has 0 saturated heterocycles. The van der Waals surface area contributed by atoms with Gasteiger partial charge in [-0.1, -0.05) is 65.3 Å². The summed E-state index contributed by atoms with van der Waals surface area (Å²) in [7, 11) is 0. The van der Waals surface area contributed by atoms with Crippen LogP contribution in [0.5, 0.6) is 0 Å². The van der Waals surface area contributed by atoms with Crippen molar-refractivity contribution in [1.29, 1.82) is 0 Å². The Labute approximate surface area is 244 Å². The Morgan fingerprint density at radius 1 is 0.769 bits per heavy atom. The van der Waals surface area contributed by atoms with Crippen LogP contribution >= 0.6 is 0 Å². The molecule has 0 spiro atoms. The number of aliphatic hydroxyl groups excluding tert-OH is 1. The Bertz CT molecular complexity index is 737. The largest absolute Gasteiger partial charge is 0.462 e. The number of carbonyl (C=O) groups is 3. The molecule has 0 amide bonds. The highest BCUT2D eigenvalue weighted by atomic mass is 16.6. The topological polar surface area (TPSA) is 89.9 Å². The van der Waals surface area contributed by atoms with E-state index in [0.29, 0.717) is 18.3 Å². The monoisotopic (exact) mass is 563 g/mol. The standard InChI is InChI=1S/C27H46O6.6CH4/c1-9-26(7,23(31)33-24(2,3)4)17-27(8,16-25(5,6)21(29)12-13-28)22(30)32-20-15-18-10-11-19(20)14-18;;;;;;/h18-20,28H,9-17H2,1-8H3;6*1H4. The molecule has 0 aromatic rings. The van der Waals surface area contributed by atoms with Gasteiger partial charge in [-0.25, -0.2) is 0 Å². The van der Waals surface area contributed by atoms with Gasteiger partial charge < -0.3 is 14.6 Å². The van der Waals surface area contributed by atoms with Crippen molar-refractivity contribution >= 4 is 17.7 Å². The lowest BCUT2D eigenvalue weighted by Crippen LogP contribution is -2.46. The van der Waals surface area contributed by atoms with E-state index >= 15 is 0 Å². The molecule has 0 aliphatic heterocycles. The van der Waals surface area contributed by atoms with Crippen molar-refractivity contribution in [2.24, 2.45) is 28.1 Å². The number of aliphatic hydroxyl groups is 1. The fourth-order valence-corrected chi connectivity index (χ4v) is 5.94. The Morgan fingerprint density at radius 3 is 1.69 bits per heavy atom. The average molecular weight is 563 g/mol. The summed E-state index contributed by atoms with van der Waals surface area (Å²) in [6.07, 6.45) is 5.32. The number of fused-ring (bicyclic) bond motifs is 2. The van der Waals surface area contributed by atoms with Gasteiger partial charge in [0.1, 0.15) is 17.5 Å². The molecular formula is C33H70O6. The summed E-state index contributed by atoms with van der Waals surface area (Å²) in [6, 6.07) is 0. The molecule has 0 aromatic carbocycles. The van der Waals surface area contributed by atoms with Gasteiger partial charge in [-0.3, -0.25) is 14.4 Å². The number of hydrogen-bond acceptors (Lipinski definition) is 6. The quantitative estimate of drug-likeness (QED) is 0.253. The predicted molar refractivity (Wildman–Crippen MR) is 168 cm³/mol. The predicted octanol–water partition coefficient (Wildman–Crippen LogP) is 9.06. The van der Waals surface area contributed by atoms with E-state index in [4.69, 9.17) is 9.47 Å². The average Bonchev–Trinajstić information content (AvgIpc) is 3.29. The van der Waals surface area contributed by atoms with Crippen LogP contribution in [0.25, 0.3) is 0 Å². The lowest BCUT2D eigenvalue weighted by molar-refractivity contribution is -0.176. The zero-order valence-electron chi connectivity index (χ0n) is 22.1. The van der Waals surface area contributed by atoms with E-state index in [1.807, 2.05) is 55.4 Å². The molecule has 5 unspecified atom stereocenters. The number of esters is 2. The van der Waals surface area contributed by atoms with Gasteiger partial charge in [0.2, 0.25) is 0 Å². The van der Waals surface area contributed by atoms with Crippen LogP contribution in [0.1, 0.15) is 151 Å². The second-order valence-electron chi connectivity index (χ2n) is 12.7.